The van der Waals surface area contributed by atoms with Gasteiger partial charge in [-0.25, -0.2) is 17.5 Å². The minimum atomic E-state index is -3.86. The van der Waals surface area contributed by atoms with Crippen molar-refractivity contribution in [3.8, 4) is 22.9 Å². The van der Waals surface area contributed by atoms with E-state index in [9.17, 15) is 18.1 Å². The summed E-state index contributed by atoms with van der Waals surface area (Å²) < 4.78 is 44.1. The molecular formula is C32H29FN4O2S. The highest BCUT2D eigenvalue weighted by atomic mass is 32.2. The second-order valence-corrected chi connectivity index (χ2v) is 12.4. The van der Waals surface area contributed by atoms with Crippen LogP contribution in [0.4, 0.5) is 4.39 Å². The maximum atomic E-state index is 13.7. The molecule has 0 saturated carbocycles. The largest absolute Gasteiger partial charge is 0.244 e. The molecule has 0 saturated heterocycles. The fraction of sp³-hybridized carbons (Fsp3) is 0.250. The molecule has 1 heterocycles. The summed E-state index contributed by atoms with van der Waals surface area (Å²) in [5.74, 6) is -0.179. The number of aromatic nitrogens is 2. The van der Waals surface area contributed by atoms with Crippen molar-refractivity contribution >= 4 is 10.0 Å². The maximum Gasteiger partial charge on any atom is 0.244 e. The van der Waals surface area contributed by atoms with Gasteiger partial charge in [-0.2, -0.15) is 14.7 Å². The van der Waals surface area contributed by atoms with E-state index in [1.807, 2.05) is 53.3 Å². The Morgan fingerprint density at radius 2 is 1.73 bits per heavy atom. The van der Waals surface area contributed by atoms with Crippen LogP contribution < -0.4 is 0 Å². The molecule has 4 aromatic rings. The smallest absolute Gasteiger partial charge is 0.237 e. The molecule has 2 aliphatic carbocycles. The summed E-state index contributed by atoms with van der Waals surface area (Å²) in [6, 6.07) is 25.1. The van der Waals surface area contributed by atoms with E-state index in [1.54, 1.807) is 24.3 Å². The van der Waals surface area contributed by atoms with E-state index in [-0.39, 0.29) is 35.6 Å². The number of sulfonamides is 1. The van der Waals surface area contributed by atoms with Crippen LogP contribution in [0.5, 0.6) is 0 Å². The molecular weight excluding hydrogens is 523 g/mol. The lowest BCUT2D eigenvalue weighted by Crippen LogP contribution is -2.36. The van der Waals surface area contributed by atoms with E-state index in [0.29, 0.717) is 0 Å². The van der Waals surface area contributed by atoms with Gasteiger partial charge < -0.3 is 0 Å². The molecule has 3 aromatic carbocycles. The van der Waals surface area contributed by atoms with Crippen molar-refractivity contribution in [2.75, 3.05) is 13.1 Å². The number of fused-ring (bicyclic) bond motifs is 1. The zero-order valence-electron chi connectivity index (χ0n) is 22.2. The third kappa shape index (κ3) is 4.66. The number of hydrogen-bond acceptors (Lipinski definition) is 4. The van der Waals surface area contributed by atoms with Gasteiger partial charge in [0.1, 0.15) is 12.4 Å². The molecule has 0 fully saturated rings. The van der Waals surface area contributed by atoms with Gasteiger partial charge in [-0.3, -0.25) is 0 Å². The van der Waals surface area contributed by atoms with Crippen LogP contribution in [-0.4, -0.2) is 35.6 Å². The predicted octanol–water partition coefficient (Wildman–Crippen LogP) is 6.26. The highest BCUT2D eigenvalue weighted by Gasteiger charge is 2.38. The summed E-state index contributed by atoms with van der Waals surface area (Å²) in [6.45, 7) is 2.21. The summed E-state index contributed by atoms with van der Waals surface area (Å²) >= 11 is 0. The minimum Gasteiger partial charge on any atom is -0.237 e. The van der Waals surface area contributed by atoms with Gasteiger partial charge in [0.05, 0.1) is 28.5 Å². The second kappa shape index (κ2) is 10.5. The Morgan fingerprint density at radius 1 is 1.02 bits per heavy atom. The Bertz CT molecular complexity index is 1720. The molecule has 6 rings (SSSR count). The van der Waals surface area contributed by atoms with Crippen LogP contribution in [0.25, 0.3) is 16.8 Å². The quantitative estimate of drug-likeness (QED) is 0.200. The third-order valence-corrected chi connectivity index (χ3v) is 10.0. The summed E-state index contributed by atoms with van der Waals surface area (Å²) in [7, 11) is -3.86. The number of rotatable bonds is 7. The summed E-state index contributed by atoms with van der Waals surface area (Å²) in [5.41, 5.74) is 7.56. The highest BCUT2D eigenvalue weighted by Crippen LogP contribution is 2.47. The number of hydrogen-bond donors (Lipinski definition) is 0. The van der Waals surface area contributed by atoms with Gasteiger partial charge in [-0.05, 0) is 66.3 Å². The van der Waals surface area contributed by atoms with Gasteiger partial charge in [0.15, 0.2) is 0 Å². The first-order valence-electron chi connectivity index (χ1n) is 13.4. The molecule has 0 spiro atoms. The van der Waals surface area contributed by atoms with Crippen LogP contribution in [-0.2, 0) is 16.4 Å². The van der Waals surface area contributed by atoms with Crippen molar-refractivity contribution in [2.45, 2.75) is 37.0 Å². The number of benzene rings is 3. The molecule has 0 radical (unpaired) electrons. The van der Waals surface area contributed by atoms with Crippen molar-refractivity contribution in [2.24, 2.45) is 5.92 Å². The van der Waals surface area contributed by atoms with Gasteiger partial charge in [-0.15, -0.1) is 0 Å². The molecule has 6 nitrogen and oxygen atoms in total. The van der Waals surface area contributed by atoms with Crippen molar-refractivity contribution in [1.82, 2.24) is 14.1 Å². The molecule has 40 heavy (non-hydrogen) atoms. The van der Waals surface area contributed by atoms with Crippen molar-refractivity contribution in [3.05, 3.63) is 113 Å². The van der Waals surface area contributed by atoms with Crippen LogP contribution in [0, 0.1) is 23.1 Å². The molecule has 0 aliphatic heterocycles. The summed E-state index contributed by atoms with van der Waals surface area (Å²) in [6.07, 6.45) is 4.33. The Hall–Kier alpha value is -4.06. The van der Waals surface area contributed by atoms with Crippen LogP contribution in [0.15, 0.2) is 101 Å². The molecule has 0 N–H and O–H groups in total. The first-order chi connectivity index (χ1) is 19.4. The van der Waals surface area contributed by atoms with E-state index >= 15 is 0 Å². The monoisotopic (exact) mass is 552 g/mol. The van der Waals surface area contributed by atoms with Gasteiger partial charge in [0, 0.05) is 24.4 Å². The van der Waals surface area contributed by atoms with Gasteiger partial charge >= 0.3 is 0 Å². The van der Waals surface area contributed by atoms with Gasteiger partial charge in [0.2, 0.25) is 10.0 Å². The fourth-order valence-electron chi connectivity index (χ4n) is 6.25. The molecule has 0 bridgehead atoms. The van der Waals surface area contributed by atoms with E-state index in [0.717, 1.165) is 47.3 Å². The van der Waals surface area contributed by atoms with E-state index in [4.69, 9.17) is 0 Å². The summed E-state index contributed by atoms with van der Waals surface area (Å²) in [4.78, 5) is 0.189. The number of nitrogens with zero attached hydrogens (tertiary/aromatic N) is 4. The molecule has 1 aromatic heterocycles. The topological polar surface area (TPSA) is 79.0 Å². The summed E-state index contributed by atoms with van der Waals surface area (Å²) in [5, 5.41) is 14.2. The first-order valence-corrected chi connectivity index (χ1v) is 14.9. The zero-order chi connectivity index (χ0) is 27.9. The minimum absolute atomic E-state index is 0.0269. The average molecular weight is 553 g/mol. The normalized spacial score (nSPS) is 18.4. The lowest BCUT2D eigenvalue weighted by molar-refractivity contribution is 0.383. The van der Waals surface area contributed by atoms with E-state index in [2.05, 4.69) is 18.1 Å². The van der Waals surface area contributed by atoms with Crippen molar-refractivity contribution < 1.29 is 12.8 Å². The zero-order valence-corrected chi connectivity index (χ0v) is 23.0. The SMILES string of the molecule is C[C@@H]1C2=C(CC[C@@H]2CN(CC#N)S(=O)(=O)c2ccc(-c3ccccc3)cc2)Cc2c1cnn2-c1ccc(F)cc1. The fourth-order valence-corrected chi connectivity index (χ4v) is 7.63. The van der Waals surface area contributed by atoms with Crippen molar-refractivity contribution in [3.63, 3.8) is 0 Å². The third-order valence-electron chi connectivity index (χ3n) is 8.20. The molecule has 8 heteroatoms. The van der Waals surface area contributed by atoms with E-state index < -0.39 is 10.0 Å². The number of nitriles is 1. The lowest BCUT2D eigenvalue weighted by Gasteiger charge is -2.30. The molecule has 0 unspecified atom stereocenters. The Morgan fingerprint density at radius 3 is 2.42 bits per heavy atom. The predicted molar refractivity (Wildman–Crippen MR) is 152 cm³/mol. The Kier molecular flexibility index (Phi) is 6.87. The van der Waals surface area contributed by atoms with Crippen LogP contribution in [0.1, 0.15) is 36.9 Å². The molecule has 0 amide bonds. The maximum absolute atomic E-state index is 13.7. The molecule has 202 valence electrons. The van der Waals surface area contributed by atoms with E-state index in [1.165, 1.54) is 27.6 Å². The first kappa shape index (κ1) is 26.2. The Labute approximate surface area is 234 Å². The van der Waals surface area contributed by atoms with Crippen LogP contribution in [0.3, 0.4) is 0 Å². The molecule has 2 atom stereocenters. The second-order valence-electron chi connectivity index (χ2n) is 10.5. The van der Waals surface area contributed by atoms with Gasteiger partial charge in [0.25, 0.3) is 0 Å². The number of halogens is 1. The number of allylic oxidation sites excluding steroid dienone is 1. The Balaban J connectivity index is 1.25. The standard InChI is InChI=1S/C32H29FN4O2S/c1-22-30-20-35-37(28-13-11-27(33)12-14-28)31(30)19-25-7-8-26(32(22)25)21-36(18-17-34)40(38,39)29-15-9-24(10-16-29)23-5-3-2-4-6-23/h2-6,9-16,20,22,26H,7-8,18-19,21H2,1H3/t22-,26+/m0/s1. The van der Waals surface area contributed by atoms with Crippen molar-refractivity contribution in [1.29, 1.82) is 5.26 Å². The van der Waals surface area contributed by atoms with Crippen LogP contribution >= 0.6 is 0 Å². The average Bonchev–Trinajstić information content (AvgIpc) is 3.59. The van der Waals surface area contributed by atoms with Gasteiger partial charge in [-0.1, -0.05) is 60.5 Å². The highest BCUT2D eigenvalue weighted by molar-refractivity contribution is 7.89. The lowest BCUT2D eigenvalue weighted by atomic mass is 9.80. The van der Waals surface area contributed by atoms with Crippen LogP contribution in [0.2, 0.25) is 0 Å². The molecule has 2 aliphatic rings.